The van der Waals surface area contributed by atoms with E-state index in [0.29, 0.717) is 11.4 Å². The molecule has 0 fully saturated rings. The van der Waals surface area contributed by atoms with E-state index in [-0.39, 0.29) is 0 Å². The van der Waals surface area contributed by atoms with Crippen molar-refractivity contribution in [2.24, 2.45) is 5.73 Å². The first-order valence-electron chi connectivity index (χ1n) is 4.55. The number of primary amides is 1. The normalized spacial score (nSPS) is 10.1. The van der Waals surface area contributed by atoms with Gasteiger partial charge in [0.05, 0.1) is 12.8 Å². The van der Waals surface area contributed by atoms with Gasteiger partial charge in [-0.3, -0.25) is 9.59 Å². The molecule has 1 aromatic rings. The minimum atomic E-state index is -0.671. The number of para-hydroxylation sites is 2. The number of anilines is 1. The molecule has 0 spiro atoms. The molecule has 2 amide bonds. The number of methoxy groups -OCH3 is 1. The molecule has 84 valence electrons. The van der Waals surface area contributed by atoms with E-state index in [4.69, 9.17) is 10.5 Å². The monoisotopic (exact) mass is 220 g/mol. The first kappa shape index (κ1) is 11.8. The molecule has 0 bridgehead atoms. The van der Waals surface area contributed by atoms with Crippen LogP contribution in [0.4, 0.5) is 5.69 Å². The van der Waals surface area contributed by atoms with Crippen molar-refractivity contribution in [3.05, 3.63) is 36.4 Å². The SMILES string of the molecule is COc1ccccc1NC(=O)/C=C\C(N)=O. The smallest absolute Gasteiger partial charge is 0.248 e. The van der Waals surface area contributed by atoms with Crippen LogP contribution in [0.1, 0.15) is 0 Å². The fraction of sp³-hybridized carbons (Fsp3) is 0.0909. The van der Waals surface area contributed by atoms with Gasteiger partial charge in [0.25, 0.3) is 0 Å². The lowest BCUT2D eigenvalue weighted by molar-refractivity contribution is -0.115. The lowest BCUT2D eigenvalue weighted by Gasteiger charge is -2.07. The second kappa shape index (κ2) is 5.55. The molecule has 3 N–H and O–H groups in total. The van der Waals surface area contributed by atoms with Gasteiger partial charge in [-0.05, 0) is 12.1 Å². The number of nitrogens with one attached hydrogen (secondary N) is 1. The first-order valence-corrected chi connectivity index (χ1v) is 4.55. The Morgan fingerprint density at radius 2 is 2.00 bits per heavy atom. The van der Waals surface area contributed by atoms with E-state index in [1.54, 1.807) is 24.3 Å². The Morgan fingerprint density at radius 3 is 2.62 bits per heavy atom. The van der Waals surface area contributed by atoms with Crippen molar-refractivity contribution in [2.75, 3.05) is 12.4 Å². The van der Waals surface area contributed by atoms with E-state index in [1.807, 2.05) is 0 Å². The Kier molecular flexibility index (Phi) is 4.08. The van der Waals surface area contributed by atoms with Crippen LogP contribution in [0, 0.1) is 0 Å². The minimum absolute atomic E-state index is 0.441. The summed E-state index contributed by atoms with van der Waals surface area (Å²) >= 11 is 0. The summed E-state index contributed by atoms with van der Waals surface area (Å²) in [6.45, 7) is 0. The van der Waals surface area contributed by atoms with Gasteiger partial charge in [0.1, 0.15) is 5.75 Å². The second-order valence-electron chi connectivity index (χ2n) is 2.93. The third-order valence-corrected chi connectivity index (χ3v) is 1.76. The van der Waals surface area contributed by atoms with E-state index < -0.39 is 11.8 Å². The molecule has 0 atom stereocenters. The van der Waals surface area contributed by atoms with Crippen molar-refractivity contribution in [3.63, 3.8) is 0 Å². The summed E-state index contributed by atoms with van der Waals surface area (Å²) in [5, 5.41) is 2.56. The maximum atomic E-state index is 11.3. The second-order valence-corrected chi connectivity index (χ2v) is 2.93. The number of nitrogens with two attached hydrogens (primary N) is 1. The van der Waals surface area contributed by atoms with E-state index in [9.17, 15) is 9.59 Å². The molecule has 0 unspecified atom stereocenters. The van der Waals surface area contributed by atoms with Gasteiger partial charge >= 0.3 is 0 Å². The molecule has 5 nitrogen and oxygen atoms in total. The largest absolute Gasteiger partial charge is 0.495 e. The van der Waals surface area contributed by atoms with E-state index in [2.05, 4.69) is 5.32 Å². The number of benzene rings is 1. The molecular weight excluding hydrogens is 208 g/mol. The minimum Gasteiger partial charge on any atom is -0.495 e. The molecule has 0 aliphatic heterocycles. The number of hydrogen-bond donors (Lipinski definition) is 2. The highest BCUT2D eigenvalue weighted by Crippen LogP contribution is 2.22. The summed E-state index contributed by atoms with van der Waals surface area (Å²) < 4.78 is 5.04. The Labute approximate surface area is 92.9 Å². The summed E-state index contributed by atoms with van der Waals surface area (Å²) in [6, 6.07) is 6.95. The molecule has 0 aliphatic rings. The van der Waals surface area contributed by atoms with E-state index in [0.717, 1.165) is 12.2 Å². The predicted octanol–water partition coefficient (Wildman–Crippen LogP) is 0.675. The van der Waals surface area contributed by atoms with Gasteiger partial charge in [0.15, 0.2) is 0 Å². The summed E-state index contributed by atoms with van der Waals surface area (Å²) in [5.41, 5.74) is 5.39. The lowest BCUT2D eigenvalue weighted by atomic mass is 10.3. The quantitative estimate of drug-likeness (QED) is 0.732. The zero-order chi connectivity index (χ0) is 12.0. The number of ether oxygens (including phenoxy) is 1. The van der Waals surface area contributed by atoms with Crippen molar-refractivity contribution in [2.45, 2.75) is 0 Å². The molecule has 0 aromatic heterocycles. The van der Waals surface area contributed by atoms with Gasteiger partial charge in [-0.15, -0.1) is 0 Å². The van der Waals surface area contributed by atoms with Crippen LogP contribution in [-0.2, 0) is 9.59 Å². The van der Waals surface area contributed by atoms with Crippen LogP contribution in [0.2, 0.25) is 0 Å². The highest BCUT2D eigenvalue weighted by molar-refractivity contribution is 6.03. The van der Waals surface area contributed by atoms with Crippen LogP contribution in [0.25, 0.3) is 0 Å². The van der Waals surface area contributed by atoms with Gasteiger partial charge in [-0.25, -0.2) is 0 Å². The van der Waals surface area contributed by atoms with Gasteiger partial charge in [0.2, 0.25) is 11.8 Å². The van der Waals surface area contributed by atoms with Crippen molar-refractivity contribution in [1.29, 1.82) is 0 Å². The molecule has 0 radical (unpaired) electrons. The van der Waals surface area contributed by atoms with E-state index in [1.165, 1.54) is 7.11 Å². The first-order chi connectivity index (χ1) is 7.63. The van der Waals surface area contributed by atoms with Crippen molar-refractivity contribution in [1.82, 2.24) is 0 Å². The summed E-state index contributed by atoms with van der Waals surface area (Å²) in [5.74, 6) is -0.568. The van der Waals surface area contributed by atoms with Gasteiger partial charge in [0, 0.05) is 12.2 Å². The van der Waals surface area contributed by atoms with Crippen LogP contribution in [0.5, 0.6) is 5.75 Å². The fourth-order valence-corrected chi connectivity index (χ4v) is 1.08. The topological polar surface area (TPSA) is 81.4 Å². The van der Waals surface area contributed by atoms with E-state index >= 15 is 0 Å². The predicted molar refractivity (Wildman–Crippen MR) is 60.0 cm³/mol. The number of rotatable bonds is 4. The van der Waals surface area contributed by atoms with Gasteiger partial charge < -0.3 is 15.8 Å². The van der Waals surface area contributed by atoms with Crippen LogP contribution in [0.3, 0.4) is 0 Å². The summed E-state index contributed by atoms with van der Waals surface area (Å²) in [6.07, 6.45) is 2.06. The average molecular weight is 220 g/mol. The molecule has 0 heterocycles. The molecule has 16 heavy (non-hydrogen) atoms. The standard InChI is InChI=1S/C11H12N2O3/c1-16-9-5-3-2-4-8(9)13-11(15)7-6-10(12)14/h2-7H,1H3,(H2,12,14)(H,13,15)/b7-6-. The molecule has 0 saturated carbocycles. The number of hydrogen-bond acceptors (Lipinski definition) is 3. The third-order valence-electron chi connectivity index (χ3n) is 1.76. The highest BCUT2D eigenvalue weighted by atomic mass is 16.5. The highest BCUT2D eigenvalue weighted by Gasteiger charge is 2.03. The maximum absolute atomic E-state index is 11.3. The maximum Gasteiger partial charge on any atom is 0.248 e. The fourth-order valence-electron chi connectivity index (χ4n) is 1.08. The average Bonchev–Trinajstić information content (AvgIpc) is 2.27. The van der Waals surface area contributed by atoms with Gasteiger partial charge in [-0.1, -0.05) is 12.1 Å². The molecule has 5 heteroatoms. The number of amides is 2. The van der Waals surface area contributed by atoms with Crippen LogP contribution < -0.4 is 15.8 Å². The van der Waals surface area contributed by atoms with Gasteiger partial charge in [-0.2, -0.15) is 0 Å². The van der Waals surface area contributed by atoms with Crippen LogP contribution in [0.15, 0.2) is 36.4 Å². The Bertz CT molecular complexity index is 427. The molecule has 1 rings (SSSR count). The Morgan fingerprint density at radius 1 is 1.31 bits per heavy atom. The molecule has 0 saturated heterocycles. The van der Waals surface area contributed by atoms with Crippen molar-refractivity contribution < 1.29 is 14.3 Å². The molecule has 0 aliphatic carbocycles. The van der Waals surface area contributed by atoms with Crippen molar-refractivity contribution >= 4 is 17.5 Å². The zero-order valence-electron chi connectivity index (χ0n) is 8.77. The summed E-state index contributed by atoms with van der Waals surface area (Å²) in [4.78, 5) is 21.7. The number of carbonyl (C=O) groups is 2. The van der Waals surface area contributed by atoms with Crippen LogP contribution in [-0.4, -0.2) is 18.9 Å². The Hall–Kier alpha value is -2.30. The molecular formula is C11H12N2O3. The zero-order valence-corrected chi connectivity index (χ0v) is 8.77. The lowest BCUT2D eigenvalue weighted by Crippen LogP contribution is -2.12. The third kappa shape index (κ3) is 3.45. The van der Waals surface area contributed by atoms with Crippen molar-refractivity contribution in [3.8, 4) is 5.75 Å². The molecule has 1 aromatic carbocycles. The van der Waals surface area contributed by atoms with Crippen LogP contribution >= 0.6 is 0 Å². The Balaban J connectivity index is 2.73. The number of carbonyl (C=O) groups excluding carboxylic acids is 2. The summed E-state index contributed by atoms with van der Waals surface area (Å²) in [7, 11) is 1.50.